The van der Waals surface area contributed by atoms with E-state index in [4.69, 9.17) is 11.6 Å². The first-order valence-corrected chi connectivity index (χ1v) is 13.8. The van der Waals surface area contributed by atoms with Crippen LogP contribution in [0.2, 0.25) is 5.02 Å². The smallest absolute Gasteiger partial charge is 0.306 e. The summed E-state index contributed by atoms with van der Waals surface area (Å²) in [7, 11) is -4.06. The van der Waals surface area contributed by atoms with Crippen LogP contribution in [0.25, 0.3) is 0 Å². The molecule has 0 spiro atoms. The quantitative estimate of drug-likeness (QED) is 0.275. The average molecular weight is 559 g/mol. The maximum absolute atomic E-state index is 12.9. The summed E-state index contributed by atoms with van der Waals surface area (Å²) in [6, 6.07) is 14.2. The van der Waals surface area contributed by atoms with Gasteiger partial charge in [-0.15, -0.1) is 0 Å². The van der Waals surface area contributed by atoms with E-state index in [1.165, 1.54) is 18.2 Å². The lowest BCUT2D eigenvalue weighted by molar-refractivity contribution is -0.137. The van der Waals surface area contributed by atoms with Crippen molar-refractivity contribution >= 4 is 45.1 Å². The predicted octanol–water partition coefficient (Wildman–Crippen LogP) is 2.72. The van der Waals surface area contributed by atoms with Gasteiger partial charge in [-0.2, -0.15) is 4.72 Å². The zero-order valence-corrected chi connectivity index (χ0v) is 21.8. The molecule has 0 radical (unpaired) electrons. The Hall–Kier alpha value is -3.74. The second-order valence-electron chi connectivity index (χ2n) is 8.70. The molecule has 3 aromatic rings. The highest BCUT2D eigenvalue weighted by molar-refractivity contribution is 7.89. The Morgan fingerprint density at radius 3 is 2.37 bits per heavy atom. The summed E-state index contributed by atoms with van der Waals surface area (Å²) >= 11 is 6.52. The number of halogens is 1. The van der Waals surface area contributed by atoms with Crippen molar-refractivity contribution in [2.24, 2.45) is 0 Å². The number of carboxylic acid groups (broad SMARTS) is 1. The molecule has 2 aromatic carbocycles. The third-order valence-electron chi connectivity index (χ3n) is 5.98. The standard InChI is InChI=1S/C25H27ClN6O5S/c26-20-15-17(7-8-21(20)32-13-9-18(10-14-32)29-25-27-11-4-12-28-25)24(35)30-22(16-23(33)34)31-38(36,37)19-5-2-1-3-6-19/h1-8,11-12,15,18,22,31H,9-10,13-14,16H2,(H,30,35)(H,33,34)(H,27,28,29). The summed E-state index contributed by atoms with van der Waals surface area (Å²) in [5.41, 5.74) is 0.940. The van der Waals surface area contributed by atoms with Gasteiger partial charge in [0.2, 0.25) is 16.0 Å². The van der Waals surface area contributed by atoms with Gasteiger partial charge in [-0.1, -0.05) is 29.8 Å². The first-order chi connectivity index (χ1) is 18.2. The minimum Gasteiger partial charge on any atom is -0.481 e. The minimum absolute atomic E-state index is 0.0488. The molecule has 4 N–H and O–H groups in total. The number of hydrogen-bond donors (Lipinski definition) is 4. The average Bonchev–Trinajstić information content (AvgIpc) is 2.89. The van der Waals surface area contributed by atoms with Crippen molar-refractivity contribution in [2.45, 2.75) is 36.4 Å². The molecule has 1 aromatic heterocycles. The van der Waals surface area contributed by atoms with E-state index in [1.807, 2.05) is 0 Å². The third-order valence-corrected chi connectivity index (χ3v) is 7.77. The number of aromatic nitrogens is 2. The molecule has 13 heteroatoms. The van der Waals surface area contributed by atoms with Crippen LogP contribution in [0.1, 0.15) is 29.6 Å². The van der Waals surface area contributed by atoms with Gasteiger partial charge in [0.05, 0.1) is 22.0 Å². The normalized spacial score (nSPS) is 15.0. The van der Waals surface area contributed by atoms with Crippen molar-refractivity contribution in [3.63, 3.8) is 0 Å². The number of amides is 1. The molecular weight excluding hydrogens is 532 g/mol. The number of nitrogens with zero attached hydrogens (tertiary/aromatic N) is 3. The van der Waals surface area contributed by atoms with Crippen LogP contribution in [0.15, 0.2) is 71.9 Å². The van der Waals surface area contributed by atoms with E-state index < -0.39 is 34.5 Å². The fraction of sp³-hybridized carbons (Fsp3) is 0.280. The van der Waals surface area contributed by atoms with Crippen LogP contribution in [0.5, 0.6) is 0 Å². The number of hydrogen-bond acceptors (Lipinski definition) is 8. The molecule has 1 unspecified atom stereocenters. The lowest BCUT2D eigenvalue weighted by atomic mass is 10.0. The summed E-state index contributed by atoms with van der Waals surface area (Å²) in [6.45, 7) is 1.47. The third kappa shape index (κ3) is 7.18. The molecule has 11 nitrogen and oxygen atoms in total. The van der Waals surface area contributed by atoms with Gasteiger partial charge in [0.15, 0.2) is 0 Å². The van der Waals surface area contributed by atoms with E-state index in [0.717, 1.165) is 31.6 Å². The highest BCUT2D eigenvalue weighted by Gasteiger charge is 2.25. The Kier molecular flexibility index (Phi) is 8.77. The fourth-order valence-electron chi connectivity index (χ4n) is 4.12. The number of aliphatic carboxylic acids is 1. The molecule has 4 rings (SSSR count). The van der Waals surface area contributed by atoms with Crippen LogP contribution in [0, 0.1) is 0 Å². The second kappa shape index (κ2) is 12.2. The number of carbonyl (C=O) groups is 2. The van der Waals surface area contributed by atoms with E-state index in [-0.39, 0.29) is 16.5 Å². The van der Waals surface area contributed by atoms with Gasteiger partial charge in [-0.05, 0) is 49.2 Å². The number of rotatable bonds is 10. The van der Waals surface area contributed by atoms with E-state index in [9.17, 15) is 23.1 Å². The summed E-state index contributed by atoms with van der Waals surface area (Å²) < 4.78 is 27.5. The molecule has 1 aliphatic rings. The molecule has 0 saturated carbocycles. The van der Waals surface area contributed by atoms with E-state index >= 15 is 0 Å². The molecule has 1 saturated heterocycles. The summed E-state index contributed by atoms with van der Waals surface area (Å²) in [5.74, 6) is -1.35. The zero-order chi connectivity index (χ0) is 27.1. The van der Waals surface area contributed by atoms with Crippen LogP contribution >= 0.6 is 11.6 Å². The topological polar surface area (TPSA) is 154 Å². The van der Waals surface area contributed by atoms with Crippen LogP contribution in [0.4, 0.5) is 11.6 Å². The maximum Gasteiger partial charge on any atom is 0.306 e. The highest BCUT2D eigenvalue weighted by atomic mass is 35.5. The fourth-order valence-corrected chi connectivity index (χ4v) is 5.59. The minimum atomic E-state index is -4.06. The number of carbonyl (C=O) groups excluding carboxylic acids is 1. The number of anilines is 2. The number of piperidine rings is 1. The molecule has 0 aliphatic carbocycles. The number of benzene rings is 2. The first kappa shape index (κ1) is 27.3. The Bertz CT molecular complexity index is 1370. The summed E-state index contributed by atoms with van der Waals surface area (Å²) in [5, 5.41) is 15.4. The SMILES string of the molecule is O=C(O)CC(NC(=O)c1ccc(N2CCC(Nc3ncccn3)CC2)c(Cl)c1)NS(=O)(=O)c1ccccc1. The summed E-state index contributed by atoms with van der Waals surface area (Å²) in [4.78, 5) is 34.7. The van der Waals surface area contributed by atoms with Crippen LogP contribution in [0.3, 0.4) is 0 Å². The first-order valence-electron chi connectivity index (χ1n) is 11.9. The van der Waals surface area contributed by atoms with Gasteiger partial charge >= 0.3 is 5.97 Å². The van der Waals surface area contributed by atoms with Gasteiger partial charge in [0.25, 0.3) is 5.91 Å². The van der Waals surface area contributed by atoms with Gasteiger partial charge in [-0.25, -0.2) is 18.4 Å². The molecule has 1 amide bonds. The second-order valence-corrected chi connectivity index (χ2v) is 10.8. The molecule has 38 heavy (non-hydrogen) atoms. The number of carboxylic acids is 1. The lowest BCUT2D eigenvalue weighted by Gasteiger charge is -2.34. The molecule has 2 heterocycles. The van der Waals surface area contributed by atoms with Crippen LogP contribution in [-0.4, -0.2) is 60.7 Å². The van der Waals surface area contributed by atoms with Crippen molar-refractivity contribution in [1.29, 1.82) is 0 Å². The molecule has 1 atom stereocenters. The molecular formula is C25H27ClN6O5S. The van der Waals surface area contributed by atoms with Crippen LogP contribution < -0.4 is 20.3 Å². The Labute approximate surface area is 225 Å². The summed E-state index contributed by atoms with van der Waals surface area (Å²) in [6.07, 6.45) is 3.03. The lowest BCUT2D eigenvalue weighted by Crippen LogP contribution is -2.49. The predicted molar refractivity (Wildman–Crippen MR) is 143 cm³/mol. The van der Waals surface area contributed by atoms with Crippen LogP contribution in [-0.2, 0) is 14.8 Å². The van der Waals surface area contributed by atoms with E-state index in [1.54, 1.807) is 48.8 Å². The van der Waals surface area contributed by atoms with Crippen molar-refractivity contribution in [1.82, 2.24) is 20.0 Å². The monoisotopic (exact) mass is 558 g/mol. The van der Waals surface area contributed by atoms with Gasteiger partial charge in [0.1, 0.15) is 6.17 Å². The number of sulfonamides is 1. The van der Waals surface area contributed by atoms with Gasteiger partial charge in [0, 0.05) is 37.1 Å². The zero-order valence-electron chi connectivity index (χ0n) is 20.2. The number of nitrogens with one attached hydrogen (secondary N) is 3. The Balaban J connectivity index is 1.39. The van der Waals surface area contributed by atoms with Crippen molar-refractivity contribution in [3.8, 4) is 0 Å². The van der Waals surface area contributed by atoms with Crippen molar-refractivity contribution in [2.75, 3.05) is 23.3 Å². The molecule has 1 aliphatic heterocycles. The van der Waals surface area contributed by atoms with Gasteiger partial charge in [-0.3, -0.25) is 9.59 Å². The maximum atomic E-state index is 12.9. The van der Waals surface area contributed by atoms with E-state index in [2.05, 4.69) is 30.2 Å². The molecule has 1 fully saturated rings. The highest BCUT2D eigenvalue weighted by Crippen LogP contribution is 2.30. The largest absolute Gasteiger partial charge is 0.481 e. The Morgan fingerprint density at radius 2 is 1.74 bits per heavy atom. The molecule has 200 valence electrons. The van der Waals surface area contributed by atoms with Crippen molar-refractivity contribution < 1.29 is 23.1 Å². The van der Waals surface area contributed by atoms with Gasteiger partial charge < -0.3 is 20.6 Å². The Morgan fingerprint density at radius 1 is 1.05 bits per heavy atom. The molecule has 0 bridgehead atoms. The van der Waals surface area contributed by atoms with E-state index in [0.29, 0.717) is 11.0 Å². The van der Waals surface area contributed by atoms with Crippen molar-refractivity contribution in [3.05, 3.63) is 77.6 Å².